The zero-order valence-electron chi connectivity index (χ0n) is 12.6. The third kappa shape index (κ3) is 5.18. The van der Waals surface area contributed by atoms with Crippen LogP contribution in [0.1, 0.15) is 49.6 Å². The van der Waals surface area contributed by atoms with E-state index in [1.54, 1.807) is 18.2 Å². The van der Waals surface area contributed by atoms with Gasteiger partial charge in [-0.25, -0.2) is 4.39 Å². The highest BCUT2D eigenvalue weighted by atomic mass is 32.1. The van der Waals surface area contributed by atoms with Crippen LogP contribution in [0.25, 0.3) is 0 Å². The summed E-state index contributed by atoms with van der Waals surface area (Å²) in [7, 11) is 0. The molecule has 0 atom stereocenters. The molecule has 0 aliphatic heterocycles. The Balaban J connectivity index is 1.84. The molecule has 0 saturated heterocycles. The molecule has 0 saturated carbocycles. The van der Waals surface area contributed by atoms with Gasteiger partial charge in [-0.3, -0.25) is 4.79 Å². The van der Waals surface area contributed by atoms with E-state index in [1.807, 2.05) is 0 Å². The summed E-state index contributed by atoms with van der Waals surface area (Å²) in [5, 5.41) is 11.9. The Morgan fingerprint density at radius 3 is 2.82 bits per heavy atom. The molecule has 4 nitrogen and oxygen atoms in total. The van der Waals surface area contributed by atoms with Gasteiger partial charge in [-0.1, -0.05) is 55.7 Å². The van der Waals surface area contributed by atoms with E-state index in [2.05, 4.69) is 22.4 Å². The second-order valence-corrected chi connectivity index (χ2v) is 6.19. The van der Waals surface area contributed by atoms with E-state index in [4.69, 9.17) is 0 Å². The molecule has 0 aliphatic rings. The van der Waals surface area contributed by atoms with Gasteiger partial charge in [-0.05, 0) is 18.1 Å². The molecule has 0 radical (unpaired) electrons. The SMILES string of the molecule is CCCCCCC(=O)Nc1nnc(Cc2ccccc2F)s1. The van der Waals surface area contributed by atoms with Gasteiger partial charge in [0.2, 0.25) is 11.0 Å². The number of hydrogen-bond acceptors (Lipinski definition) is 4. The van der Waals surface area contributed by atoms with Crippen LogP contribution in [-0.2, 0) is 11.2 Å². The number of carbonyl (C=O) groups is 1. The Bertz CT molecular complexity index is 615. The highest BCUT2D eigenvalue weighted by Gasteiger charge is 2.10. The Hall–Kier alpha value is -1.82. The lowest BCUT2D eigenvalue weighted by molar-refractivity contribution is -0.116. The molecule has 118 valence electrons. The maximum absolute atomic E-state index is 13.6. The van der Waals surface area contributed by atoms with Crippen LogP contribution in [0.4, 0.5) is 9.52 Å². The number of halogens is 1. The molecular formula is C16H20FN3OS. The number of unbranched alkanes of at least 4 members (excludes halogenated alkanes) is 3. The van der Waals surface area contributed by atoms with E-state index in [0.717, 1.165) is 25.7 Å². The molecular weight excluding hydrogens is 301 g/mol. The van der Waals surface area contributed by atoms with Gasteiger partial charge in [0.05, 0.1) is 0 Å². The Labute approximate surface area is 133 Å². The van der Waals surface area contributed by atoms with E-state index in [-0.39, 0.29) is 11.7 Å². The summed E-state index contributed by atoms with van der Waals surface area (Å²) in [5.74, 6) is -0.288. The van der Waals surface area contributed by atoms with Crippen molar-refractivity contribution in [3.05, 3.63) is 40.7 Å². The Morgan fingerprint density at radius 2 is 2.05 bits per heavy atom. The molecule has 1 aromatic carbocycles. The second-order valence-electron chi connectivity index (χ2n) is 5.13. The number of anilines is 1. The first-order chi connectivity index (χ1) is 10.7. The number of amides is 1. The maximum atomic E-state index is 13.6. The van der Waals surface area contributed by atoms with Crippen LogP contribution in [0.2, 0.25) is 0 Å². The minimum Gasteiger partial charge on any atom is -0.301 e. The quantitative estimate of drug-likeness (QED) is 0.742. The summed E-state index contributed by atoms with van der Waals surface area (Å²) in [5.41, 5.74) is 0.580. The van der Waals surface area contributed by atoms with E-state index in [1.165, 1.54) is 17.4 Å². The van der Waals surface area contributed by atoms with Crippen molar-refractivity contribution >= 4 is 22.4 Å². The predicted molar refractivity (Wildman–Crippen MR) is 86.5 cm³/mol. The van der Waals surface area contributed by atoms with E-state index >= 15 is 0 Å². The fourth-order valence-corrected chi connectivity index (χ4v) is 2.85. The molecule has 22 heavy (non-hydrogen) atoms. The molecule has 0 fully saturated rings. The average molecular weight is 321 g/mol. The largest absolute Gasteiger partial charge is 0.301 e. The van der Waals surface area contributed by atoms with Gasteiger partial charge in [0, 0.05) is 12.8 Å². The van der Waals surface area contributed by atoms with Crippen LogP contribution in [0.3, 0.4) is 0 Å². The smallest absolute Gasteiger partial charge is 0.226 e. The fraction of sp³-hybridized carbons (Fsp3) is 0.438. The minimum atomic E-state index is -0.251. The van der Waals surface area contributed by atoms with Crippen LogP contribution >= 0.6 is 11.3 Å². The van der Waals surface area contributed by atoms with E-state index in [0.29, 0.717) is 28.5 Å². The number of nitrogens with zero attached hydrogens (tertiary/aromatic N) is 2. The van der Waals surface area contributed by atoms with Gasteiger partial charge < -0.3 is 5.32 Å². The molecule has 2 rings (SSSR count). The van der Waals surface area contributed by atoms with Crippen molar-refractivity contribution in [3.63, 3.8) is 0 Å². The molecule has 0 unspecified atom stereocenters. The summed E-state index contributed by atoms with van der Waals surface area (Å²) in [6.45, 7) is 2.14. The number of nitrogens with one attached hydrogen (secondary N) is 1. The topological polar surface area (TPSA) is 54.9 Å². The van der Waals surface area contributed by atoms with Gasteiger partial charge in [0.1, 0.15) is 10.8 Å². The van der Waals surface area contributed by atoms with Crippen molar-refractivity contribution in [1.82, 2.24) is 10.2 Å². The first kappa shape index (κ1) is 16.5. The molecule has 0 bridgehead atoms. The second kappa shape index (κ2) is 8.58. The van der Waals surface area contributed by atoms with Crippen molar-refractivity contribution < 1.29 is 9.18 Å². The summed E-state index contributed by atoms with van der Waals surface area (Å²) < 4.78 is 13.6. The molecule has 6 heteroatoms. The highest BCUT2D eigenvalue weighted by Crippen LogP contribution is 2.20. The summed E-state index contributed by atoms with van der Waals surface area (Å²) in [6.07, 6.45) is 5.15. The number of carbonyl (C=O) groups excluding carboxylic acids is 1. The zero-order valence-corrected chi connectivity index (χ0v) is 13.5. The summed E-state index contributed by atoms with van der Waals surface area (Å²) in [4.78, 5) is 11.8. The molecule has 0 spiro atoms. The first-order valence-corrected chi connectivity index (χ1v) is 8.36. The highest BCUT2D eigenvalue weighted by molar-refractivity contribution is 7.15. The monoisotopic (exact) mass is 321 g/mol. The van der Waals surface area contributed by atoms with Crippen LogP contribution in [0.15, 0.2) is 24.3 Å². The molecule has 0 aliphatic carbocycles. The van der Waals surface area contributed by atoms with Crippen LogP contribution in [0, 0.1) is 5.82 Å². The summed E-state index contributed by atoms with van der Waals surface area (Å²) >= 11 is 1.29. The molecule has 1 N–H and O–H groups in total. The van der Waals surface area contributed by atoms with Gasteiger partial charge in [0.15, 0.2) is 0 Å². The van der Waals surface area contributed by atoms with Crippen molar-refractivity contribution in [2.24, 2.45) is 0 Å². The van der Waals surface area contributed by atoms with E-state index < -0.39 is 0 Å². The van der Waals surface area contributed by atoms with Crippen LogP contribution < -0.4 is 5.32 Å². The number of hydrogen-bond donors (Lipinski definition) is 1. The van der Waals surface area contributed by atoms with Crippen molar-refractivity contribution in [2.75, 3.05) is 5.32 Å². The van der Waals surface area contributed by atoms with Crippen LogP contribution in [0.5, 0.6) is 0 Å². The van der Waals surface area contributed by atoms with Crippen molar-refractivity contribution in [1.29, 1.82) is 0 Å². The Kier molecular flexibility index (Phi) is 6.45. The number of aromatic nitrogens is 2. The minimum absolute atomic E-state index is 0.0373. The van der Waals surface area contributed by atoms with Crippen molar-refractivity contribution in [2.45, 2.75) is 45.4 Å². The predicted octanol–water partition coefficient (Wildman–Crippen LogP) is 4.18. The Morgan fingerprint density at radius 1 is 1.23 bits per heavy atom. The zero-order chi connectivity index (χ0) is 15.8. The first-order valence-electron chi connectivity index (χ1n) is 7.54. The van der Waals surface area contributed by atoms with Gasteiger partial charge in [-0.15, -0.1) is 10.2 Å². The van der Waals surface area contributed by atoms with Gasteiger partial charge in [0.25, 0.3) is 0 Å². The lowest BCUT2D eigenvalue weighted by Crippen LogP contribution is -2.10. The third-order valence-corrected chi connectivity index (χ3v) is 4.11. The van der Waals surface area contributed by atoms with Crippen LogP contribution in [-0.4, -0.2) is 16.1 Å². The average Bonchev–Trinajstić information content (AvgIpc) is 2.93. The normalized spacial score (nSPS) is 10.6. The number of benzene rings is 1. The van der Waals surface area contributed by atoms with Gasteiger partial charge in [-0.2, -0.15) is 0 Å². The lowest BCUT2D eigenvalue weighted by atomic mass is 10.1. The third-order valence-electron chi connectivity index (χ3n) is 3.27. The van der Waals surface area contributed by atoms with E-state index in [9.17, 15) is 9.18 Å². The van der Waals surface area contributed by atoms with Gasteiger partial charge >= 0.3 is 0 Å². The summed E-state index contributed by atoms with van der Waals surface area (Å²) in [6, 6.07) is 6.60. The molecule has 1 amide bonds. The standard InChI is InChI=1S/C16H20FN3OS/c1-2-3-4-5-10-14(21)18-16-20-19-15(22-16)11-12-8-6-7-9-13(12)17/h6-9H,2-5,10-11H2,1H3,(H,18,20,21). The molecule has 2 aromatic rings. The lowest BCUT2D eigenvalue weighted by Gasteiger charge is -2.00. The molecule has 1 aromatic heterocycles. The number of rotatable bonds is 8. The fourth-order valence-electron chi connectivity index (χ4n) is 2.07. The molecule has 1 heterocycles. The maximum Gasteiger partial charge on any atom is 0.226 e. The van der Waals surface area contributed by atoms with Crippen molar-refractivity contribution in [3.8, 4) is 0 Å².